The molecule has 2 aromatic carbocycles. The summed E-state index contributed by atoms with van der Waals surface area (Å²) in [5.41, 5.74) is 3.25. The third-order valence-corrected chi connectivity index (χ3v) is 7.03. The second-order valence-corrected chi connectivity index (χ2v) is 9.44. The monoisotopic (exact) mass is 495 g/mol. The Balaban J connectivity index is 1.14. The van der Waals surface area contributed by atoms with Crippen LogP contribution >= 0.6 is 0 Å². The SMILES string of the molecule is CN1CC2CC1CN2c1ccc(Nc2nccc(-c3ccc(C(=O)Nc4ccccn4)cc3)n2)cc1F. The third-order valence-electron chi connectivity index (χ3n) is 7.03. The van der Waals surface area contributed by atoms with E-state index >= 15 is 4.39 Å². The molecule has 9 heteroatoms. The zero-order chi connectivity index (χ0) is 25.4. The minimum absolute atomic E-state index is 0.241. The molecule has 2 aliphatic heterocycles. The molecule has 2 fully saturated rings. The van der Waals surface area contributed by atoms with Crippen molar-refractivity contribution in [2.75, 3.05) is 35.7 Å². The molecule has 0 radical (unpaired) electrons. The fraction of sp³-hybridized carbons (Fsp3) is 0.214. The van der Waals surface area contributed by atoms with Crippen molar-refractivity contribution in [2.45, 2.75) is 18.5 Å². The summed E-state index contributed by atoms with van der Waals surface area (Å²) in [7, 11) is 2.13. The lowest BCUT2D eigenvalue weighted by atomic mass is 10.1. The van der Waals surface area contributed by atoms with Crippen molar-refractivity contribution in [3.05, 3.63) is 90.5 Å². The van der Waals surface area contributed by atoms with Crippen LogP contribution in [0.4, 0.5) is 27.5 Å². The number of nitrogens with zero attached hydrogens (tertiary/aromatic N) is 5. The summed E-state index contributed by atoms with van der Waals surface area (Å²) in [5.74, 6) is 0.363. The van der Waals surface area contributed by atoms with Crippen molar-refractivity contribution in [1.82, 2.24) is 19.9 Å². The number of carbonyl (C=O) groups is 1. The molecule has 2 bridgehead atoms. The zero-order valence-corrected chi connectivity index (χ0v) is 20.3. The Morgan fingerprint density at radius 1 is 0.973 bits per heavy atom. The normalized spacial score (nSPS) is 18.7. The summed E-state index contributed by atoms with van der Waals surface area (Å²) < 4.78 is 15.0. The molecule has 2 N–H and O–H groups in total. The maximum Gasteiger partial charge on any atom is 0.256 e. The molecule has 0 saturated carbocycles. The maximum atomic E-state index is 15.0. The largest absolute Gasteiger partial charge is 0.363 e. The Kier molecular flexibility index (Phi) is 5.97. The lowest BCUT2D eigenvalue weighted by Gasteiger charge is -2.33. The number of carbonyl (C=O) groups excluding carboxylic acids is 1. The first kappa shape index (κ1) is 23.1. The summed E-state index contributed by atoms with van der Waals surface area (Å²) in [6.45, 7) is 1.83. The first-order chi connectivity index (χ1) is 18.0. The van der Waals surface area contributed by atoms with Crippen LogP contribution in [-0.4, -0.2) is 58.0 Å². The number of pyridine rings is 1. The van der Waals surface area contributed by atoms with Gasteiger partial charge in [-0.3, -0.25) is 9.69 Å². The van der Waals surface area contributed by atoms with Gasteiger partial charge in [-0.05, 0) is 62.0 Å². The number of anilines is 4. The van der Waals surface area contributed by atoms with Crippen LogP contribution in [0.3, 0.4) is 0 Å². The van der Waals surface area contributed by atoms with E-state index < -0.39 is 0 Å². The van der Waals surface area contributed by atoms with Gasteiger partial charge in [-0.15, -0.1) is 0 Å². The summed E-state index contributed by atoms with van der Waals surface area (Å²) in [6, 6.07) is 20.3. The van der Waals surface area contributed by atoms with E-state index in [0.717, 1.165) is 25.1 Å². The molecule has 0 aliphatic carbocycles. The molecule has 2 unspecified atom stereocenters. The van der Waals surface area contributed by atoms with E-state index in [2.05, 4.69) is 42.4 Å². The summed E-state index contributed by atoms with van der Waals surface area (Å²) >= 11 is 0. The Hall–Kier alpha value is -4.37. The number of benzene rings is 2. The molecule has 8 nitrogen and oxygen atoms in total. The lowest BCUT2D eigenvalue weighted by Crippen LogP contribution is -2.44. The minimum atomic E-state index is -0.254. The van der Waals surface area contributed by atoms with Crippen molar-refractivity contribution in [1.29, 1.82) is 0 Å². The van der Waals surface area contributed by atoms with Gasteiger partial charge >= 0.3 is 0 Å². The number of likely N-dealkylation sites (tertiary alicyclic amines) is 1. The van der Waals surface area contributed by atoms with Crippen molar-refractivity contribution >= 4 is 29.0 Å². The van der Waals surface area contributed by atoms with Gasteiger partial charge in [0.2, 0.25) is 5.95 Å². The topological polar surface area (TPSA) is 86.3 Å². The number of halogens is 1. The number of fused-ring (bicyclic) bond motifs is 2. The van der Waals surface area contributed by atoms with Gasteiger partial charge in [0.05, 0.1) is 11.4 Å². The number of aromatic nitrogens is 3. The second-order valence-electron chi connectivity index (χ2n) is 9.44. The Morgan fingerprint density at radius 3 is 2.54 bits per heavy atom. The molecule has 1 amide bonds. The van der Waals surface area contributed by atoms with Crippen LogP contribution in [0, 0.1) is 5.82 Å². The summed E-state index contributed by atoms with van der Waals surface area (Å²) in [4.78, 5) is 30.0. The van der Waals surface area contributed by atoms with E-state index in [1.807, 2.05) is 30.3 Å². The Morgan fingerprint density at radius 2 is 1.84 bits per heavy atom. The van der Waals surface area contributed by atoms with Gasteiger partial charge in [0, 0.05) is 54.4 Å². The highest BCUT2D eigenvalue weighted by atomic mass is 19.1. The predicted molar refractivity (Wildman–Crippen MR) is 142 cm³/mol. The predicted octanol–water partition coefficient (Wildman–Crippen LogP) is 4.57. The van der Waals surface area contributed by atoms with E-state index in [0.29, 0.717) is 46.5 Å². The van der Waals surface area contributed by atoms with E-state index in [9.17, 15) is 4.79 Å². The van der Waals surface area contributed by atoms with Crippen LogP contribution in [0.1, 0.15) is 16.8 Å². The average Bonchev–Trinajstić information content (AvgIpc) is 3.49. The first-order valence-electron chi connectivity index (χ1n) is 12.2. The Labute approximate surface area is 214 Å². The number of rotatable bonds is 6. The molecule has 2 aromatic heterocycles. The molecule has 186 valence electrons. The number of piperazine rings is 1. The van der Waals surface area contributed by atoms with Gasteiger partial charge < -0.3 is 15.5 Å². The number of likely N-dealkylation sites (N-methyl/N-ethyl adjacent to an activating group) is 1. The molecule has 0 spiro atoms. The smallest absolute Gasteiger partial charge is 0.256 e. The van der Waals surface area contributed by atoms with E-state index in [-0.39, 0.29) is 11.7 Å². The first-order valence-corrected chi connectivity index (χ1v) is 12.2. The minimum Gasteiger partial charge on any atom is -0.363 e. The summed E-state index contributed by atoms with van der Waals surface area (Å²) in [6.07, 6.45) is 4.36. The van der Waals surface area contributed by atoms with E-state index in [1.165, 1.54) is 6.07 Å². The van der Waals surface area contributed by atoms with Gasteiger partial charge in [0.25, 0.3) is 5.91 Å². The molecular formula is C28H26FN7O. The number of hydrogen-bond donors (Lipinski definition) is 2. The van der Waals surface area contributed by atoms with Crippen LogP contribution in [0.25, 0.3) is 11.3 Å². The highest BCUT2D eigenvalue weighted by Gasteiger charge is 2.42. The molecule has 2 atom stereocenters. The van der Waals surface area contributed by atoms with Crippen molar-refractivity contribution in [2.24, 2.45) is 0 Å². The Bertz CT molecular complexity index is 1430. The summed E-state index contributed by atoms with van der Waals surface area (Å²) in [5, 5.41) is 5.88. The van der Waals surface area contributed by atoms with E-state index in [1.54, 1.807) is 42.7 Å². The standard InChI is InChI=1S/C28H26FN7O/c1-35-16-22-15-21(35)17-36(22)25-10-9-20(14-23(25)29)32-28-31-13-11-24(33-28)18-5-7-19(8-6-18)27(37)34-26-4-2-3-12-30-26/h2-14,21-22H,15-17H2,1H3,(H,30,34,37)(H,31,32,33). The van der Waals surface area contributed by atoms with Crippen molar-refractivity contribution in [3.63, 3.8) is 0 Å². The molecule has 6 rings (SSSR count). The van der Waals surface area contributed by atoms with Crippen LogP contribution in [0.2, 0.25) is 0 Å². The van der Waals surface area contributed by atoms with Gasteiger partial charge in [-0.25, -0.2) is 19.3 Å². The van der Waals surface area contributed by atoms with Crippen LogP contribution in [0.15, 0.2) is 79.1 Å². The van der Waals surface area contributed by atoms with Crippen molar-refractivity contribution < 1.29 is 9.18 Å². The van der Waals surface area contributed by atoms with Gasteiger partial charge in [0.1, 0.15) is 11.6 Å². The zero-order valence-electron chi connectivity index (χ0n) is 20.3. The van der Waals surface area contributed by atoms with Crippen LogP contribution in [-0.2, 0) is 0 Å². The van der Waals surface area contributed by atoms with Crippen LogP contribution < -0.4 is 15.5 Å². The van der Waals surface area contributed by atoms with E-state index in [4.69, 9.17) is 0 Å². The molecule has 4 heterocycles. The number of nitrogens with one attached hydrogen (secondary N) is 2. The lowest BCUT2D eigenvalue weighted by molar-refractivity contribution is 0.102. The van der Waals surface area contributed by atoms with Crippen LogP contribution in [0.5, 0.6) is 0 Å². The average molecular weight is 496 g/mol. The third kappa shape index (κ3) is 4.73. The second kappa shape index (κ2) is 9.59. The van der Waals surface area contributed by atoms with Gasteiger partial charge in [-0.2, -0.15) is 0 Å². The number of amides is 1. The molecule has 4 aromatic rings. The molecular weight excluding hydrogens is 469 g/mol. The van der Waals surface area contributed by atoms with Crippen molar-refractivity contribution in [3.8, 4) is 11.3 Å². The van der Waals surface area contributed by atoms with Gasteiger partial charge in [-0.1, -0.05) is 18.2 Å². The quantitative estimate of drug-likeness (QED) is 0.405. The molecule has 2 saturated heterocycles. The van der Waals surface area contributed by atoms with Gasteiger partial charge in [0.15, 0.2) is 0 Å². The molecule has 37 heavy (non-hydrogen) atoms. The fourth-order valence-electron chi connectivity index (χ4n) is 5.10. The fourth-order valence-corrected chi connectivity index (χ4v) is 5.10. The highest BCUT2D eigenvalue weighted by Crippen LogP contribution is 2.36. The molecule has 2 aliphatic rings. The number of hydrogen-bond acceptors (Lipinski definition) is 7. The highest BCUT2D eigenvalue weighted by molar-refractivity contribution is 6.03. The maximum absolute atomic E-state index is 15.0.